The predicted molar refractivity (Wildman–Crippen MR) is 92.1 cm³/mol. The van der Waals surface area contributed by atoms with E-state index < -0.39 is 21.7 Å². The van der Waals surface area contributed by atoms with Gasteiger partial charge in [0.25, 0.3) is 5.91 Å². The molecule has 0 saturated carbocycles. The van der Waals surface area contributed by atoms with Crippen LogP contribution in [0, 0.1) is 5.82 Å². The van der Waals surface area contributed by atoms with E-state index in [1.165, 1.54) is 11.9 Å². The molecule has 0 saturated heterocycles. The van der Waals surface area contributed by atoms with Crippen molar-refractivity contribution in [3.63, 3.8) is 0 Å². The Morgan fingerprint density at radius 2 is 1.88 bits per heavy atom. The lowest BCUT2D eigenvalue weighted by molar-refractivity contribution is -0.121. The van der Waals surface area contributed by atoms with Gasteiger partial charge in [-0.3, -0.25) is 9.59 Å². The standard InChI is InChI=1S/C16H24FN3O4S/c1-4-8-19-15(21)11-20(9-5-2)16(22)13-10-12(6-7-14(13)17)25(23,24)18-3/h6-7,10,18H,4-5,8-9,11H2,1-3H3,(H,19,21). The first-order chi connectivity index (χ1) is 11.8. The molecule has 7 nitrogen and oxygen atoms in total. The van der Waals surface area contributed by atoms with E-state index in [-0.39, 0.29) is 29.5 Å². The number of carbonyl (C=O) groups excluding carboxylic acids is 2. The van der Waals surface area contributed by atoms with Crippen LogP contribution in [0.1, 0.15) is 37.0 Å². The van der Waals surface area contributed by atoms with Crippen molar-refractivity contribution in [2.45, 2.75) is 31.6 Å². The van der Waals surface area contributed by atoms with Gasteiger partial charge in [0.2, 0.25) is 15.9 Å². The average molecular weight is 373 g/mol. The Hall–Kier alpha value is -2.00. The molecule has 0 bridgehead atoms. The van der Waals surface area contributed by atoms with Crippen LogP contribution in [-0.4, -0.2) is 51.8 Å². The maximum absolute atomic E-state index is 14.1. The lowest BCUT2D eigenvalue weighted by Crippen LogP contribution is -2.41. The van der Waals surface area contributed by atoms with Crippen LogP contribution < -0.4 is 10.0 Å². The SMILES string of the molecule is CCCNC(=O)CN(CCC)C(=O)c1cc(S(=O)(=O)NC)ccc1F. The van der Waals surface area contributed by atoms with E-state index in [4.69, 9.17) is 0 Å². The first-order valence-corrected chi connectivity index (χ1v) is 9.54. The Bertz CT molecular complexity index is 722. The van der Waals surface area contributed by atoms with Gasteiger partial charge in [0.15, 0.2) is 0 Å². The molecule has 1 rings (SSSR count). The van der Waals surface area contributed by atoms with Crippen LogP contribution in [0.15, 0.2) is 23.1 Å². The maximum atomic E-state index is 14.1. The van der Waals surface area contributed by atoms with E-state index in [0.29, 0.717) is 13.0 Å². The van der Waals surface area contributed by atoms with Gasteiger partial charge in [-0.2, -0.15) is 0 Å². The van der Waals surface area contributed by atoms with Gasteiger partial charge in [-0.05, 0) is 38.1 Å². The fraction of sp³-hybridized carbons (Fsp3) is 0.500. The number of nitrogens with zero attached hydrogens (tertiary/aromatic N) is 1. The second kappa shape index (κ2) is 9.47. The minimum absolute atomic E-state index is 0.213. The molecule has 0 aromatic heterocycles. The molecule has 0 spiro atoms. The highest BCUT2D eigenvalue weighted by Crippen LogP contribution is 2.17. The van der Waals surface area contributed by atoms with E-state index in [2.05, 4.69) is 10.0 Å². The predicted octanol–water partition coefficient (Wildman–Crippen LogP) is 1.11. The summed E-state index contributed by atoms with van der Waals surface area (Å²) in [6.07, 6.45) is 1.33. The largest absolute Gasteiger partial charge is 0.355 e. The lowest BCUT2D eigenvalue weighted by atomic mass is 10.1. The normalized spacial score (nSPS) is 11.2. The minimum atomic E-state index is -3.81. The molecular weight excluding hydrogens is 349 g/mol. The Labute approximate surface area is 147 Å². The number of nitrogens with one attached hydrogen (secondary N) is 2. The van der Waals surface area contributed by atoms with Gasteiger partial charge in [-0.25, -0.2) is 17.5 Å². The molecule has 140 valence electrons. The van der Waals surface area contributed by atoms with Crippen LogP contribution in [0.4, 0.5) is 4.39 Å². The van der Waals surface area contributed by atoms with Crippen LogP contribution >= 0.6 is 0 Å². The van der Waals surface area contributed by atoms with E-state index in [9.17, 15) is 22.4 Å². The zero-order valence-corrected chi connectivity index (χ0v) is 15.5. The van der Waals surface area contributed by atoms with Gasteiger partial charge < -0.3 is 10.2 Å². The average Bonchev–Trinajstić information content (AvgIpc) is 2.59. The third kappa shape index (κ3) is 5.79. The number of sulfonamides is 1. The second-order valence-electron chi connectivity index (χ2n) is 5.43. The Morgan fingerprint density at radius 1 is 1.20 bits per heavy atom. The van der Waals surface area contributed by atoms with Crippen molar-refractivity contribution in [3.8, 4) is 0 Å². The van der Waals surface area contributed by atoms with Crippen molar-refractivity contribution in [1.29, 1.82) is 0 Å². The Morgan fingerprint density at radius 3 is 2.44 bits per heavy atom. The summed E-state index contributed by atoms with van der Waals surface area (Å²) in [6.45, 7) is 4.24. The molecule has 0 unspecified atom stereocenters. The summed E-state index contributed by atoms with van der Waals surface area (Å²) in [5.74, 6) is -1.91. The fourth-order valence-electron chi connectivity index (χ4n) is 2.14. The van der Waals surface area contributed by atoms with Crippen molar-refractivity contribution < 1.29 is 22.4 Å². The van der Waals surface area contributed by atoms with E-state index in [0.717, 1.165) is 24.6 Å². The third-order valence-corrected chi connectivity index (χ3v) is 4.85. The van der Waals surface area contributed by atoms with Crippen LogP contribution in [0.5, 0.6) is 0 Å². The van der Waals surface area contributed by atoms with Crippen molar-refractivity contribution >= 4 is 21.8 Å². The van der Waals surface area contributed by atoms with Crippen molar-refractivity contribution in [3.05, 3.63) is 29.6 Å². The summed E-state index contributed by atoms with van der Waals surface area (Å²) in [4.78, 5) is 25.5. The quantitative estimate of drug-likeness (QED) is 0.678. The molecule has 2 N–H and O–H groups in total. The highest BCUT2D eigenvalue weighted by Gasteiger charge is 2.23. The molecule has 25 heavy (non-hydrogen) atoms. The summed E-state index contributed by atoms with van der Waals surface area (Å²) in [5.41, 5.74) is -0.381. The van der Waals surface area contributed by atoms with Crippen molar-refractivity contribution in [2.24, 2.45) is 0 Å². The van der Waals surface area contributed by atoms with Gasteiger partial charge in [-0.15, -0.1) is 0 Å². The first kappa shape index (κ1) is 21.0. The second-order valence-corrected chi connectivity index (χ2v) is 7.31. The number of halogens is 1. The van der Waals surface area contributed by atoms with E-state index >= 15 is 0 Å². The Balaban J connectivity index is 3.12. The maximum Gasteiger partial charge on any atom is 0.257 e. The minimum Gasteiger partial charge on any atom is -0.355 e. The number of amides is 2. The molecule has 0 heterocycles. The number of benzene rings is 1. The number of hydrogen-bond acceptors (Lipinski definition) is 4. The number of hydrogen-bond donors (Lipinski definition) is 2. The van der Waals surface area contributed by atoms with E-state index in [1.54, 1.807) is 0 Å². The molecule has 0 fully saturated rings. The number of carbonyl (C=O) groups is 2. The Kier molecular flexibility index (Phi) is 7.98. The van der Waals surface area contributed by atoms with Gasteiger partial charge in [0.1, 0.15) is 5.82 Å². The molecule has 0 radical (unpaired) electrons. The monoisotopic (exact) mass is 373 g/mol. The summed E-state index contributed by atoms with van der Waals surface area (Å²) in [6, 6.07) is 2.99. The molecule has 0 atom stereocenters. The molecule has 0 aliphatic heterocycles. The number of rotatable bonds is 9. The summed E-state index contributed by atoms with van der Waals surface area (Å²) in [5, 5.41) is 2.65. The molecule has 1 aromatic carbocycles. The summed E-state index contributed by atoms with van der Waals surface area (Å²) < 4.78 is 39.9. The first-order valence-electron chi connectivity index (χ1n) is 8.05. The third-order valence-electron chi connectivity index (χ3n) is 3.43. The molecule has 0 aliphatic rings. The summed E-state index contributed by atoms with van der Waals surface area (Å²) >= 11 is 0. The van der Waals surface area contributed by atoms with Gasteiger partial charge >= 0.3 is 0 Å². The van der Waals surface area contributed by atoms with E-state index in [1.807, 2.05) is 13.8 Å². The summed E-state index contributed by atoms with van der Waals surface area (Å²) in [7, 11) is -2.59. The van der Waals surface area contributed by atoms with Crippen LogP contribution in [0.25, 0.3) is 0 Å². The van der Waals surface area contributed by atoms with Crippen molar-refractivity contribution in [2.75, 3.05) is 26.7 Å². The molecule has 9 heteroatoms. The van der Waals surface area contributed by atoms with Crippen LogP contribution in [0.3, 0.4) is 0 Å². The van der Waals surface area contributed by atoms with Crippen molar-refractivity contribution in [1.82, 2.24) is 14.9 Å². The zero-order valence-electron chi connectivity index (χ0n) is 14.6. The molecule has 2 amide bonds. The highest BCUT2D eigenvalue weighted by atomic mass is 32.2. The van der Waals surface area contributed by atoms with Gasteiger partial charge in [-0.1, -0.05) is 13.8 Å². The van der Waals surface area contributed by atoms with Gasteiger partial charge in [0, 0.05) is 13.1 Å². The zero-order chi connectivity index (χ0) is 19.0. The topological polar surface area (TPSA) is 95.6 Å². The molecular formula is C16H24FN3O4S. The van der Waals surface area contributed by atoms with Gasteiger partial charge in [0.05, 0.1) is 17.0 Å². The fourth-order valence-corrected chi connectivity index (χ4v) is 2.90. The van der Waals surface area contributed by atoms with Crippen LogP contribution in [0.2, 0.25) is 0 Å². The smallest absolute Gasteiger partial charge is 0.257 e. The van der Waals surface area contributed by atoms with Crippen LogP contribution in [-0.2, 0) is 14.8 Å². The molecule has 1 aromatic rings. The highest BCUT2D eigenvalue weighted by molar-refractivity contribution is 7.89. The molecule has 0 aliphatic carbocycles. The lowest BCUT2D eigenvalue weighted by Gasteiger charge is -2.22.